The van der Waals surface area contributed by atoms with Crippen LogP contribution in [-0.2, 0) is 37.5 Å². The number of carbonyl (C=O) groups is 3. The summed E-state index contributed by atoms with van der Waals surface area (Å²) in [6.45, 7) is 2.59. The Bertz CT molecular complexity index is 1030. The summed E-state index contributed by atoms with van der Waals surface area (Å²) < 4.78 is 32.4. The van der Waals surface area contributed by atoms with Crippen LogP contribution in [0.25, 0.3) is 0 Å². The van der Waals surface area contributed by atoms with E-state index in [4.69, 9.17) is 24.8 Å². The van der Waals surface area contributed by atoms with Crippen LogP contribution in [0.15, 0.2) is 48.6 Å². The van der Waals surface area contributed by atoms with E-state index in [9.17, 15) is 23.8 Å². The lowest BCUT2D eigenvalue weighted by molar-refractivity contribution is -0.161. The number of phosphoric ester groups is 1. The van der Waals surface area contributed by atoms with Gasteiger partial charge < -0.3 is 25.2 Å². The maximum Gasteiger partial charge on any atom is 0.472 e. The molecule has 49 heavy (non-hydrogen) atoms. The quantitative estimate of drug-likeness (QED) is 0.0257. The molecule has 0 rings (SSSR count). The smallest absolute Gasteiger partial charge is 0.472 e. The fourth-order valence-corrected chi connectivity index (χ4v) is 5.24. The van der Waals surface area contributed by atoms with Gasteiger partial charge in [0.15, 0.2) is 6.10 Å². The first kappa shape index (κ1) is 46.4. The molecule has 0 radical (unpaired) electrons. The molecule has 0 fully saturated rings. The molecule has 282 valence electrons. The first-order chi connectivity index (χ1) is 23.6. The van der Waals surface area contributed by atoms with Gasteiger partial charge in [-0.05, 0) is 51.4 Å². The Morgan fingerprint density at radius 3 is 1.71 bits per heavy atom. The lowest BCUT2D eigenvalue weighted by Gasteiger charge is -2.20. The largest absolute Gasteiger partial charge is 0.480 e. The number of nitrogens with two attached hydrogens (primary N) is 1. The van der Waals surface area contributed by atoms with Gasteiger partial charge in [0.25, 0.3) is 0 Å². The minimum atomic E-state index is -4.72. The number of allylic oxidation sites excluding steroid dienone is 8. The van der Waals surface area contributed by atoms with Gasteiger partial charge in [-0.25, -0.2) is 4.57 Å². The summed E-state index contributed by atoms with van der Waals surface area (Å²) >= 11 is 0. The van der Waals surface area contributed by atoms with Gasteiger partial charge in [0.1, 0.15) is 12.6 Å². The summed E-state index contributed by atoms with van der Waals surface area (Å²) in [5.41, 5.74) is 5.30. The first-order valence-corrected chi connectivity index (χ1v) is 19.7. The number of ether oxygens (including phenoxy) is 2. The van der Waals surface area contributed by atoms with Crippen molar-refractivity contribution in [3.05, 3.63) is 48.6 Å². The van der Waals surface area contributed by atoms with E-state index >= 15 is 0 Å². The van der Waals surface area contributed by atoms with E-state index in [0.29, 0.717) is 12.8 Å². The van der Waals surface area contributed by atoms with Crippen LogP contribution in [-0.4, -0.2) is 59.9 Å². The highest BCUT2D eigenvalue weighted by atomic mass is 31.2. The fourth-order valence-electron chi connectivity index (χ4n) is 4.47. The summed E-state index contributed by atoms with van der Waals surface area (Å²) in [5.74, 6) is -2.44. The molecule has 3 atom stereocenters. The van der Waals surface area contributed by atoms with Crippen molar-refractivity contribution in [2.45, 2.75) is 148 Å². The second-order valence-corrected chi connectivity index (χ2v) is 13.4. The number of rotatable bonds is 33. The zero-order chi connectivity index (χ0) is 36.4. The van der Waals surface area contributed by atoms with Crippen molar-refractivity contribution in [1.29, 1.82) is 0 Å². The third-order valence-corrected chi connectivity index (χ3v) is 8.29. The molecule has 0 saturated carbocycles. The molecule has 0 aromatic rings. The van der Waals surface area contributed by atoms with Gasteiger partial charge in [0.2, 0.25) is 0 Å². The number of carboxylic acids is 1. The molecule has 1 unspecified atom stereocenters. The lowest BCUT2D eigenvalue weighted by Crippen LogP contribution is -2.34. The SMILES string of the molecule is CC/C=C\C/C=C\C/C=C\C/C=C\CCCCC(=O)O[C@H](COC(=O)CCCCCCCCCCCC)COP(=O)(O)OC[C@H](N)C(=O)O. The van der Waals surface area contributed by atoms with Crippen molar-refractivity contribution < 1.29 is 47.5 Å². The number of aliphatic carboxylic acids is 1. The Labute approximate surface area is 295 Å². The van der Waals surface area contributed by atoms with Crippen LogP contribution in [0.4, 0.5) is 0 Å². The maximum atomic E-state index is 12.5. The first-order valence-electron chi connectivity index (χ1n) is 18.2. The number of carboxylic acid groups (broad SMARTS) is 1. The van der Waals surface area contributed by atoms with Crippen LogP contribution in [0, 0.1) is 0 Å². The number of unbranched alkanes of at least 4 members (excludes halogenated alkanes) is 11. The Balaban J connectivity index is 4.56. The van der Waals surface area contributed by atoms with Crippen molar-refractivity contribution >= 4 is 25.7 Å². The average Bonchev–Trinajstić information content (AvgIpc) is 3.07. The summed E-state index contributed by atoms with van der Waals surface area (Å²) in [6, 6.07) is -1.53. The van der Waals surface area contributed by atoms with Crippen LogP contribution >= 0.6 is 7.82 Å². The molecule has 0 amide bonds. The van der Waals surface area contributed by atoms with Gasteiger partial charge in [-0.3, -0.25) is 23.4 Å². The number of hydrogen-bond acceptors (Lipinski definition) is 9. The molecule has 0 aliphatic heterocycles. The van der Waals surface area contributed by atoms with Gasteiger partial charge >= 0.3 is 25.7 Å². The third kappa shape index (κ3) is 32.4. The normalized spacial score (nSPS) is 14.5. The third-order valence-electron chi connectivity index (χ3n) is 7.34. The van der Waals surface area contributed by atoms with Crippen molar-refractivity contribution in [2.24, 2.45) is 5.73 Å². The monoisotopic (exact) mass is 713 g/mol. The van der Waals surface area contributed by atoms with Crippen molar-refractivity contribution in [3.8, 4) is 0 Å². The molecule has 11 nitrogen and oxygen atoms in total. The highest BCUT2D eigenvalue weighted by Gasteiger charge is 2.28. The van der Waals surface area contributed by atoms with Crippen LogP contribution in [0.3, 0.4) is 0 Å². The molecule has 0 heterocycles. The molecule has 4 N–H and O–H groups in total. The highest BCUT2D eigenvalue weighted by Crippen LogP contribution is 2.43. The zero-order valence-corrected chi connectivity index (χ0v) is 30.9. The number of esters is 2. The standard InChI is InChI=1S/C37H64NO10P/c1-3-5-7-9-11-13-15-16-17-18-19-21-23-25-27-29-36(40)48-33(31-46-49(43,44)47-32-34(38)37(41)42)30-45-35(39)28-26-24-22-20-14-12-10-8-6-4-2/h5,7,11,13,16-17,19,21,33-34H,3-4,6,8-10,12,14-15,18,20,22-32,38H2,1-2H3,(H,41,42)(H,43,44)/b7-5-,13-11-,17-16-,21-19-/t33-,34+/m1/s1. The molecular weight excluding hydrogens is 649 g/mol. The van der Waals surface area contributed by atoms with E-state index in [-0.39, 0.29) is 19.4 Å². The van der Waals surface area contributed by atoms with Gasteiger partial charge in [0.05, 0.1) is 13.2 Å². The summed E-state index contributed by atoms with van der Waals surface area (Å²) in [6.07, 6.45) is 33.4. The fraction of sp³-hybridized carbons (Fsp3) is 0.703. The van der Waals surface area contributed by atoms with E-state index in [1.807, 2.05) is 0 Å². The van der Waals surface area contributed by atoms with Gasteiger partial charge in [0, 0.05) is 12.8 Å². The lowest BCUT2D eigenvalue weighted by atomic mass is 10.1. The van der Waals surface area contributed by atoms with E-state index in [1.165, 1.54) is 38.5 Å². The predicted molar refractivity (Wildman–Crippen MR) is 194 cm³/mol. The van der Waals surface area contributed by atoms with Crippen molar-refractivity contribution in [3.63, 3.8) is 0 Å². The van der Waals surface area contributed by atoms with Crippen LogP contribution in [0.5, 0.6) is 0 Å². The Hall–Kier alpha value is -2.56. The second-order valence-electron chi connectivity index (χ2n) is 12.0. The number of carbonyl (C=O) groups excluding carboxylic acids is 2. The van der Waals surface area contributed by atoms with Crippen LogP contribution in [0.2, 0.25) is 0 Å². The van der Waals surface area contributed by atoms with Crippen LogP contribution in [0.1, 0.15) is 136 Å². The molecular formula is C37H64NO10P. The van der Waals surface area contributed by atoms with Crippen molar-refractivity contribution in [1.82, 2.24) is 0 Å². The predicted octanol–water partition coefficient (Wildman–Crippen LogP) is 8.66. The maximum absolute atomic E-state index is 12.5. The molecule has 0 saturated heterocycles. The minimum absolute atomic E-state index is 0.108. The second kappa shape index (κ2) is 32.6. The Kier molecular flexibility index (Phi) is 30.9. The molecule has 0 aromatic heterocycles. The van der Waals surface area contributed by atoms with E-state index in [1.54, 1.807) is 0 Å². The molecule has 0 bridgehead atoms. The van der Waals surface area contributed by atoms with Gasteiger partial charge in [-0.1, -0.05) is 120 Å². The molecule has 0 aromatic carbocycles. The Morgan fingerprint density at radius 2 is 1.14 bits per heavy atom. The summed E-state index contributed by atoms with van der Waals surface area (Å²) in [4.78, 5) is 45.6. The molecule has 0 aliphatic rings. The van der Waals surface area contributed by atoms with E-state index in [0.717, 1.165) is 57.8 Å². The van der Waals surface area contributed by atoms with E-state index in [2.05, 4.69) is 67.0 Å². The zero-order valence-electron chi connectivity index (χ0n) is 30.0. The molecule has 12 heteroatoms. The van der Waals surface area contributed by atoms with E-state index < -0.39 is 51.1 Å². The van der Waals surface area contributed by atoms with Crippen LogP contribution < -0.4 is 5.73 Å². The molecule has 0 aliphatic carbocycles. The van der Waals surface area contributed by atoms with Gasteiger partial charge in [-0.2, -0.15) is 0 Å². The summed E-state index contributed by atoms with van der Waals surface area (Å²) in [7, 11) is -4.72. The number of hydrogen-bond donors (Lipinski definition) is 3. The average molecular weight is 714 g/mol. The van der Waals surface area contributed by atoms with Crippen molar-refractivity contribution in [2.75, 3.05) is 19.8 Å². The Morgan fingerprint density at radius 1 is 0.653 bits per heavy atom. The number of phosphoric acid groups is 1. The summed E-state index contributed by atoms with van der Waals surface area (Å²) in [5, 5.41) is 8.84. The molecule has 0 spiro atoms. The highest BCUT2D eigenvalue weighted by molar-refractivity contribution is 7.47. The topological polar surface area (TPSA) is 172 Å². The minimum Gasteiger partial charge on any atom is -0.480 e. The van der Waals surface area contributed by atoms with Gasteiger partial charge in [-0.15, -0.1) is 0 Å².